The van der Waals surface area contributed by atoms with Gasteiger partial charge in [-0.15, -0.1) is 11.8 Å². The van der Waals surface area contributed by atoms with E-state index >= 15 is 0 Å². The van der Waals surface area contributed by atoms with Gasteiger partial charge in [0.05, 0.1) is 4.92 Å². The van der Waals surface area contributed by atoms with Crippen LogP contribution in [-0.4, -0.2) is 16.5 Å². The van der Waals surface area contributed by atoms with Gasteiger partial charge in [-0.25, -0.2) is 0 Å². The van der Waals surface area contributed by atoms with Crippen LogP contribution in [0, 0.1) is 10.1 Å². The number of benzene rings is 2. The van der Waals surface area contributed by atoms with Gasteiger partial charge in [-0.1, -0.05) is 28.1 Å². The fourth-order valence-electron chi connectivity index (χ4n) is 1.73. The summed E-state index contributed by atoms with van der Waals surface area (Å²) < 4.78 is 1.01. The number of carbonyl (C=O) groups excluding carboxylic acids is 1. The first-order chi connectivity index (χ1) is 10.1. The number of nitro benzene ring substituents is 1. The van der Waals surface area contributed by atoms with E-state index < -0.39 is 4.92 Å². The van der Waals surface area contributed by atoms with Gasteiger partial charge in [-0.3, -0.25) is 14.9 Å². The first-order valence-corrected chi connectivity index (χ1v) is 8.00. The number of Topliss-reactive ketones (excluding diaryl/α,β-unsaturated/α-hetero) is 1. The Bertz CT molecular complexity index is 658. The number of ketones is 1. The van der Waals surface area contributed by atoms with Crippen LogP contribution in [0.5, 0.6) is 0 Å². The van der Waals surface area contributed by atoms with Crippen molar-refractivity contribution in [3.05, 3.63) is 68.7 Å². The highest BCUT2D eigenvalue weighted by atomic mass is 79.9. The molecule has 0 N–H and O–H groups in total. The van der Waals surface area contributed by atoms with Gasteiger partial charge in [0.2, 0.25) is 0 Å². The van der Waals surface area contributed by atoms with E-state index in [-0.39, 0.29) is 11.5 Å². The number of nitrogens with zero attached hydrogens (tertiary/aromatic N) is 1. The van der Waals surface area contributed by atoms with Crippen molar-refractivity contribution in [1.82, 2.24) is 0 Å². The Kier molecular flexibility index (Phi) is 5.52. The van der Waals surface area contributed by atoms with Crippen molar-refractivity contribution in [2.75, 3.05) is 5.75 Å². The van der Waals surface area contributed by atoms with E-state index in [2.05, 4.69) is 15.9 Å². The molecule has 0 amide bonds. The normalized spacial score (nSPS) is 10.3. The van der Waals surface area contributed by atoms with Gasteiger partial charge in [0, 0.05) is 39.2 Å². The van der Waals surface area contributed by atoms with E-state index in [1.165, 1.54) is 18.2 Å². The molecule has 0 saturated heterocycles. The molecule has 0 unspecified atom stereocenters. The highest BCUT2D eigenvalue weighted by molar-refractivity contribution is 9.10. The Balaban J connectivity index is 1.91. The fourth-order valence-corrected chi connectivity index (χ4v) is 2.85. The highest BCUT2D eigenvalue weighted by Gasteiger charge is 2.11. The molecule has 108 valence electrons. The molecular weight excluding hydrogens is 354 g/mol. The van der Waals surface area contributed by atoms with Gasteiger partial charge >= 0.3 is 0 Å². The second-order valence-electron chi connectivity index (χ2n) is 4.28. The number of hydrogen-bond acceptors (Lipinski definition) is 4. The summed E-state index contributed by atoms with van der Waals surface area (Å²) in [4.78, 5) is 23.3. The third-order valence-electron chi connectivity index (χ3n) is 2.79. The number of halogens is 1. The van der Waals surface area contributed by atoms with E-state index in [0.29, 0.717) is 17.7 Å². The first kappa shape index (κ1) is 15.7. The lowest BCUT2D eigenvalue weighted by Gasteiger charge is -2.02. The minimum absolute atomic E-state index is 0.0542. The zero-order chi connectivity index (χ0) is 15.2. The molecule has 2 aromatic carbocycles. The van der Waals surface area contributed by atoms with Gasteiger partial charge < -0.3 is 0 Å². The summed E-state index contributed by atoms with van der Waals surface area (Å²) in [5, 5.41) is 10.7. The maximum absolute atomic E-state index is 12.0. The molecule has 0 radical (unpaired) electrons. The summed E-state index contributed by atoms with van der Waals surface area (Å²) in [5.74, 6) is 0.562. The monoisotopic (exact) mass is 365 g/mol. The van der Waals surface area contributed by atoms with Crippen LogP contribution in [0.1, 0.15) is 16.8 Å². The van der Waals surface area contributed by atoms with Crippen LogP contribution < -0.4 is 0 Å². The molecule has 0 atom stereocenters. The Morgan fingerprint density at radius 2 is 1.90 bits per heavy atom. The Morgan fingerprint density at radius 3 is 2.57 bits per heavy atom. The molecule has 0 aliphatic heterocycles. The SMILES string of the molecule is O=C(CCSc1ccc(Br)cc1)c1cccc([N+](=O)[O-])c1. The molecule has 0 fully saturated rings. The lowest BCUT2D eigenvalue weighted by Crippen LogP contribution is -2.01. The average Bonchev–Trinajstić information content (AvgIpc) is 2.49. The molecule has 0 spiro atoms. The topological polar surface area (TPSA) is 60.2 Å². The van der Waals surface area contributed by atoms with Crippen LogP contribution in [0.4, 0.5) is 5.69 Å². The molecular formula is C15H12BrNO3S. The third-order valence-corrected chi connectivity index (χ3v) is 4.33. The maximum atomic E-state index is 12.0. The quantitative estimate of drug-likeness (QED) is 0.321. The van der Waals surface area contributed by atoms with Gasteiger partial charge in [0.15, 0.2) is 5.78 Å². The predicted octanol–water partition coefficient (Wildman–Crippen LogP) is 4.72. The number of rotatable bonds is 6. The van der Waals surface area contributed by atoms with Crippen molar-refractivity contribution in [2.24, 2.45) is 0 Å². The number of thioether (sulfide) groups is 1. The molecule has 0 heterocycles. The zero-order valence-corrected chi connectivity index (χ0v) is 13.4. The lowest BCUT2D eigenvalue weighted by molar-refractivity contribution is -0.384. The van der Waals surface area contributed by atoms with E-state index in [0.717, 1.165) is 9.37 Å². The van der Waals surface area contributed by atoms with E-state index in [1.807, 2.05) is 24.3 Å². The van der Waals surface area contributed by atoms with E-state index in [4.69, 9.17) is 0 Å². The number of nitro groups is 1. The minimum Gasteiger partial charge on any atom is -0.294 e. The van der Waals surface area contributed by atoms with Gasteiger partial charge in [-0.05, 0) is 24.3 Å². The molecule has 2 aromatic rings. The fraction of sp³-hybridized carbons (Fsp3) is 0.133. The largest absolute Gasteiger partial charge is 0.294 e. The standard InChI is InChI=1S/C15H12BrNO3S/c16-12-4-6-14(7-5-12)21-9-8-15(18)11-2-1-3-13(10-11)17(19)20/h1-7,10H,8-9H2. The third kappa shape index (κ3) is 4.68. The average molecular weight is 366 g/mol. The van der Waals surface area contributed by atoms with Crippen LogP contribution in [0.15, 0.2) is 57.9 Å². The maximum Gasteiger partial charge on any atom is 0.270 e. The van der Waals surface area contributed by atoms with Crippen LogP contribution >= 0.6 is 27.7 Å². The van der Waals surface area contributed by atoms with Crippen LogP contribution in [-0.2, 0) is 0 Å². The van der Waals surface area contributed by atoms with Crippen molar-refractivity contribution in [1.29, 1.82) is 0 Å². The van der Waals surface area contributed by atoms with Crippen molar-refractivity contribution >= 4 is 39.2 Å². The van der Waals surface area contributed by atoms with Crippen molar-refractivity contribution < 1.29 is 9.72 Å². The summed E-state index contributed by atoms with van der Waals surface area (Å²) in [6.07, 6.45) is 0.349. The molecule has 0 aliphatic rings. The molecule has 6 heteroatoms. The number of non-ortho nitro benzene ring substituents is 1. The Hall–Kier alpha value is -1.66. The summed E-state index contributed by atoms with van der Waals surface area (Å²) in [6, 6.07) is 13.7. The highest BCUT2D eigenvalue weighted by Crippen LogP contribution is 2.22. The van der Waals surface area contributed by atoms with Gasteiger partial charge in [0.1, 0.15) is 0 Å². The number of hydrogen-bond donors (Lipinski definition) is 0. The second kappa shape index (κ2) is 7.38. The van der Waals surface area contributed by atoms with Crippen LogP contribution in [0.3, 0.4) is 0 Å². The molecule has 4 nitrogen and oxygen atoms in total. The molecule has 0 aliphatic carbocycles. The van der Waals surface area contributed by atoms with Crippen molar-refractivity contribution in [3.8, 4) is 0 Å². The Morgan fingerprint density at radius 1 is 1.19 bits per heavy atom. The summed E-state index contributed by atoms with van der Waals surface area (Å²) in [5.41, 5.74) is 0.335. The molecule has 21 heavy (non-hydrogen) atoms. The number of carbonyl (C=O) groups is 1. The van der Waals surface area contributed by atoms with Gasteiger partial charge in [-0.2, -0.15) is 0 Å². The predicted molar refractivity (Wildman–Crippen MR) is 86.9 cm³/mol. The second-order valence-corrected chi connectivity index (χ2v) is 6.37. The molecule has 0 bridgehead atoms. The smallest absolute Gasteiger partial charge is 0.270 e. The Labute approximate surface area is 134 Å². The summed E-state index contributed by atoms with van der Waals surface area (Å²) in [7, 11) is 0. The van der Waals surface area contributed by atoms with Crippen molar-refractivity contribution in [2.45, 2.75) is 11.3 Å². The van der Waals surface area contributed by atoms with E-state index in [9.17, 15) is 14.9 Å². The summed E-state index contributed by atoms with van der Waals surface area (Å²) in [6.45, 7) is 0. The summed E-state index contributed by atoms with van der Waals surface area (Å²) >= 11 is 4.95. The first-order valence-electron chi connectivity index (χ1n) is 6.22. The zero-order valence-electron chi connectivity index (χ0n) is 11.0. The molecule has 0 aromatic heterocycles. The molecule has 0 saturated carbocycles. The van der Waals surface area contributed by atoms with Crippen LogP contribution in [0.2, 0.25) is 0 Å². The van der Waals surface area contributed by atoms with Crippen LogP contribution in [0.25, 0.3) is 0 Å². The van der Waals surface area contributed by atoms with E-state index in [1.54, 1.807) is 17.8 Å². The lowest BCUT2D eigenvalue weighted by atomic mass is 10.1. The minimum atomic E-state index is -0.493. The van der Waals surface area contributed by atoms with Crippen molar-refractivity contribution in [3.63, 3.8) is 0 Å². The molecule has 2 rings (SSSR count). The van der Waals surface area contributed by atoms with Gasteiger partial charge in [0.25, 0.3) is 5.69 Å².